The third-order valence-corrected chi connectivity index (χ3v) is 3.99. The van der Waals surface area contributed by atoms with E-state index in [1.54, 1.807) is 20.8 Å². The number of halogens is 3. The summed E-state index contributed by atoms with van der Waals surface area (Å²) in [4.78, 5) is 29.2. The molecule has 0 saturated carbocycles. The van der Waals surface area contributed by atoms with E-state index >= 15 is 0 Å². The van der Waals surface area contributed by atoms with Gasteiger partial charge in [-0.15, -0.1) is 0 Å². The Bertz CT molecular complexity index is 839. The van der Waals surface area contributed by atoms with Gasteiger partial charge in [-0.25, -0.2) is 9.78 Å². The number of Topliss-reactive ketones (excluding diaryl/α,β-unsaturated/α-hetero) is 1. The monoisotopic (exact) mass is 394 g/mol. The van der Waals surface area contributed by atoms with Gasteiger partial charge in [0.2, 0.25) is 5.88 Å². The van der Waals surface area contributed by atoms with E-state index in [0.717, 1.165) is 12.1 Å². The topological polar surface area (TPSA) is 59.5 Å². The first-order chi connectivity index (χ1) is 12.9. The molecule has 1 aromatic carbocycles. The second kappa shape index (κ2) is 8.00. The number of aromatic nitrogens is 1. The lowest BCUT2D eigenvalue weighted by Gasteiger charge is -2.34. The Morgan fingerprint density at radius 1 is 1.04 bits per heavy atom. The largest absolute Gasteiger partial charge is 0.417 e. The fourth-order valence-corrected chi connectivity index (χ4v) is 2.35. The Morgan fingerprint density at radius 3 is 2.07 bits per heavy atom. The molecule has 2 rings (SSSR count). The number of hydrogen-bond donors (Lipinski definition) is 0. The first kappa shape index (κ1) is 21.4. The Morgan fingerprint density at radius 2 is 1.64 bits per heavy atom. The highest BCUT2D eigenvalue weighted by Gasteiger charge is 2.31. The second-order valence-electron chi connectivity index (χ2n) is 7.26. The Balaban J connectivity index is 2.16. The number of ether oxygens (including phenoxy) is 1. The van der Waals surface area contributed by atoms with E-state index in [1.165, 1.54) is 42.3 Å². The molecular weight excluding hydrogens is 373 g/mol. The van der Waals surface area contributed by atoms with E-state index in [1.807, 2.05) is 0 Å². The van der Waals surface area contributed by atoms with Gasteiger partial charge in [-0.05, 0) is 51.5 Å². The smallest absolute Gasteiger partial charge is 0.391 e. The van der Waals surface area contributed by atoms with Crippen LogP contribution in [-0.2, 0) is 12.7 Å². The maximum Gasteiger partial charge on any atom is 0.417 e. The SMILES string of the molecule is CC(=O)c1ccc(OC(=O)N(Cc2ccc(C(F)(F)F)cc2)C(C)(C)C)nc1. The van der Waals surface area contributed by atoms with Crippen LogP contribution in [0.1, 0.15) is 49.2 Å². The number of nitrogens with zero attached hydrogens (tertiary/aromatic N) is 2. The van der Waals surface area contributed by atoms with Crippen molar-refractivity contribution in [3.8, 4) is 5.88 Å². The minimum Gasteiger partial charge on any atom is -0.391 e. The van der Waals surface area contributed by atoms with Crippen LogP contribution < -0.4 is 4.74 Å². The van der Waals surface area contributed by atoms with E-state index in [0.29, 0.717) is 11.1 Å². The third kappa shape index (κ3) is 5.55. The van der Waals surface area contributed by atoms with E-state index in [9.17, 15) is 22.8 Å². The quantitative estimate of drug-likeness (QED) is 0.677. The summed E-state index contributed by atoms with van der Waals surface area (Å²) in [5, 5.41) is 0. The first-order valence-corrected chi connectivity index (χ1v) is 8.50. The van der Waals surface area contributed by atoms with Crippen molar-refractivity contribution in [3.63, 3.8) is 0 Å². The van der Waals surface area contributed by atoms with Gasteiger partial charge in [0, 0.05) is 29.9 Å². The minimum absolute atomic E-state index is 0.0247. The zero-order valence-electron chi connectivity index (χ0n) is 16.0. The summed E-state index contributed by atoms with van der Waals surface area (Å²) in [6, 6.07) is 7.51. The standard InChI is InChI=1S/C20H21F3N2O3/c1-13(26)15-7-10-17(24-11-15)28-18(27)25(19(2,3)4)12-14-5-8-16(9-6-14)20(21,22)23/h5-11H,12H2,1-4H3. The number of hydrogen-bond acceptors (Lipinski definition) is 4. The summed E-state index contributed by atoms with van der Waals surface area (Å²) in [5.41, 5.74) is -0.494. The molecule has 5 nitrogen and oxygen atoms in total. The van der Waals surface area contributed by atoms with E-state index in [4.69, 9.17) is 4.74 Å². The Hall–Kier alpha value is -2.90. The summed E-state index contributed by atoms with van der Waals surface area (Å²) in [6.45, 7) is 6.81. The van der Waals surface area contributed by atoms with Gasteiger partial charge in [-0.2, -0.15) is 13.2 Å². The zero-order chi connectivity index (χ0) is 21.1. The van der Waals surface area contributed by atoms with Crippen molar-refractivity contribution in [1.29, 1.82) is 0 Å². The van der Waals surface area contributed by atoms with E-state index in [2.05, 4.69) is 4.98 Å². The average Bonchev–Trinajstić information content (AvgIpc) is 2.58. The molecule has 0 atom stereocenters. The number of pyridine rings is 1. The van der Waals surface area contributed by atoms with Crippen molar-refractivity contribution in [2.45, 2.75) is 46.0 Å². The number of carbonyl (C=O) groups is 2. The van der Waals surface area contributed by atoms with Crippen LogP contribution in [0, 0.1) is 0 Å². The van der Waals surface area contributed by atoms with Crippen LogP contribution in [0.15, 0.2) is 42.6 Å². The molecule has 0 aliphatic rings. The molecule has 1 aromatic heterocycles. The number of rotatable bonds is 4. The van der Waals surface area contributed by atoms with Gasteiger partial charge in [0.1, 0.15) is 0 Å². The summed E-state index contributed by atoms with van der Waals surface area (Å²) < 4.78 is 43.4. The third-order valence-electron chi connectivity index (χ3n) is 3.99. The lowest BCUT2D eigenvalue weighted by Crippen LogP contribution is -2.46. The summed E-state index contributed by atoms with van der Waals surface area (Å²) >= 11 is 0. The van der Waals surface area contributed by atoms with Crippen molar-refractivity contribution in [1.82, 2.24) is 9.88 Å². The maximum atomic E-state index is 12.7. The number of alkyl halides is 3. The van der Waals surface area contributed by atoms with Gasteiger partial charge in [-0.3, -0.25) is 9.69 Å². The van der Waals surface area contributed by atoms with E-state index < -0.39 is 23.4 Å². The molecule has 0 spiro atoms. The number of ketones is 1. The molecule has 8 heteroatoms. The van der Waals surface area contributed by atoms with Crippen LogP contribution in [0.5, 0.6) is 5.88 Å². The van der Waals surface area contributed by atoms with E-state index in [-0.39, 0.29) is 18.2 Å². The Kier molecular flexibility index (Phi) is 6.11. The van der Waals surface area contributed by atoms with Crippen LogP contribution in [-0.4, -0.2) is 27.3 Å². The molecule has 1 amide bonds. The normalized spacial score (nSPS) is 11.8. The van der Waals surface area contributed by atoms with Gasteiger partial charge >= 0.3 is 12.3 Å². The van der Waals surface area contributed by atoms with Gasteiger partial charge in [0.15, 0.2) is 5.78 Å². The fourth-order valence-electron chi connectivity index (χ4n) is 2.35. The van der Waals surface area contributed by atoms with Crippen LogP contribution in [0.2, 0.25) is 0 Å². The molecular formula is C20H21F3N2O3. The molecule has 2 aromatic rings. The molecule has 0 aliphatic heterocycles. The minimum atomic E-state index is -4.42. The van der Waals surface area contributed by atoms with Crippen LogP contribution in [0.3, 0.4) is 0 Å². The molecule has 0 aliphatic carbocycles. The van der Waals surface area contributed by atoms with Crippen molar-refractivity contribution in [3.05, 3.63) is 59.3 Å². The Labute approximate surface area is 161 Å². The summed E-state index contributed by atoms with van der Waals surface area (Å²) in [6.07, 6.45) is -3.81. The predicted octanol–water partition coefficient (Wildman–Crippen LogP) is 5.10. The lowest BCUT2D eigenvalue weighted by atomic mass is 10.0. The van der Waals surface area contributed by atoms with Gasteiger partial charge in [0.05, 0.1) is 5.56 Å². The summed E-state index contributed by atoms with van der Waals surface area (Å²) in [7, 11) is 0. The highest BCUT2D eigenvalue weighted by molar-refractivity contribution is 5.93. The molecule has 0 radical (unpaired) electrons. The highest BCUT2D eigenvalue weighted by atomic mass is 19.4. The van der Waals surface area contributed by atoms with Crippen LogP contribution in [0.25, 0.3) is 0 Å². The molecule has 0 unspecified atom stereocenters. The molecule has 0 bridgehead atoms. The molecule has 0 N–H and O–H groups in total. The van der Waals surface area contributed by atoms with Crippen molar-refractivity contribution < 1.29 is 27.5 Å². The fraction of sp³-hybridized carbons (Fsp3) is 0.350. The zero-order valence-corrected chi connectivity index (χ0v) is 16.0. The number of carbonyl (C=O) groups excluding carboxylic acids is 2. The number of amides is 1. The average molecular weight is 394 g/mol. The number of benzene rings is 1. The molecule has 1 heterocycles. The van der Waals surface area contributed by atoms with Crippen LogP contribution >= 0.6 is 0 Å². The van der Waals surface area contributed by atoms with Crippen LogP contribution in [0.4, 0.5) is 18.0 Å². The predicted molar refractivity (Wildman–Crippen MR) is 97.0 cm³/mol. The van der Waals surface area contributed by atoms with Crippen molar-refractivity contribution in [2.24, 2.45) is 0 Å². The van der Waals surface area contributed by atoms with Gasteiger partial charge < -0.3 is 4.74 Å². The maximum absolute atomic E-state index is 12.7. The summed E-state index contributed by atoms with van der Waals surface area (Å²) in [5.74, 6) is -0.138. The molecule has 0 saturated heterocycles. The molecule has 0 fully saturated rings. The van der Waals surface area contributed by atoms with Gasteiger partial charge in [0.25, 0.3) is 0 Å². The molecule has 150 valence electrons. The van der Waals surface area contributed by atoms with Crippen molar-refractivity contribution in [2.75, 3.05) is 0 Å². The highest BCUT2D eigenvalue weighted by Crippen LogP contribution is 2.29. The van der Waals surface area contributed by atoms with Gasteiger partial charge in [-0.1, -0.05) is 12.1 Å². The lowest BCUT2D eigenvalue weighted by molar-refractivity contribution is -0.137. The van der Waals surface area contributed by atoms with Crippen molar-refractivity contribution >= 4 is 11.9 Å². The molecule has 28 heavy (non-hydrogen) atoms. The first-order valence-electron chi connectivity index (χ1n) is 8.50. The second-order valence-corrected chi connectivity index (χ2v) is 7.26.